The summed E-state index contributed by atoms with van der Waals surface area (Å²) in [5.74, 6) is 2.58. The van der Waals surface area contributed by atoms with E-state index in [1.807, 2.05) is 49.4 Å². The van der Waals surface area contributed by atoms with Crippen molar-refractivity contribution in [2.75, 3.05) is 26.6 Å². The Kier molecular flexibility index (Phi) is 4.88. The van der Waals surface area contributed by atoms with Crippen molar-refractivity contribution in [2.24, 2.45) is 0 Å². The molecule has 1 aromatic heterocycles. The van der Waals surface area contributed by atoms with Gasteiger partial charge in [-0.25, -0.2) is 4.68 Å². The van der Waals surface area contributed by atoms with Crippen molar-refractivity contribution in [1.82, 2.24) is 9.78 Å². The van der Waals surface area contributed by atoms with Gasteiger partial charge < -0.3 is 19.5 Å². The summed E-state index contributed by atoms with van der Waals surface area (Å²) < 4.78 is 17.8. The van der Waals surface area contributed by atoms with Gasteiger partial charge in [0.2, 0.25) is 5.91 Å². The first-order valence-corrected chi connectivity index (χ1v) is 9.31. The summed E-state index contributed by atoms with van der Waals surface area (Å²) in [7, 11) is 4.84. The van der Waals surface area contributed by atoms with E-state index in [0.29, 0.717) is 23.7 Å². The average Bonchev–Trinajstić information content (AvgIpc) is 3.08. The van der Waals surface area contributed by atoms with Gasteiger partial charge in [0.25, 0.3) is 0 Å². The molecule has 0 bridgehead atoms. The smallest absolute Gasteiger partial charge is 0.226 e. The molecule has 2 aromatic carbocycles. The van der Waals surface area contributed by atoms with Gasteiger partial charge in [-0.1, -0.05) is 6.07 Å². The molecule has 1 aliphatic rings. The molecule has 2 heterocycles. The first kappa shape index (κ1) is 18.9. The molecule has 1 amide bonds. The van der Waals surface area contributed by atoms with E-state index in [4.69, 9.17) is 19.3 Å². The van der Waals surface area contributed by atoms with Crippen molar-refractivity contribution in [1.29, 1.82) is 0 Å². The highest BCUT2D eigenvalue weighted by molar-refractivity contribution is 5.95. The van der Waals surface area contributed by atoms with Crippen molar-refractivity contribution in [2.45, 2.75) is 19.3 Å². The maximum atomic E-state index is 12.6. The molecule has 0 saturated carbocycles. The Morgan fingerprint density at radius 2 is 1.72 bits per heavy atom. The first-order chi connectivity index (χ1) is 14.0. The van der Waals surface area contributed by atoms with Crippen LogP contribution in [0.1, 0.15) is 29.2 Å². The van der Waals surface area contributed by atoms with Crippen LogP contribution in [0, 0.1) is 6.92 Å². The molecule has 0 aliphatic carbocycles. The number of methoxy groups -OCH3 is 3. The van der Waals surface area contributed by atoms with Gasteiger partial charge >= 0.3 is 0 Å². The molecular formula is C22H23N3O4. The van der Waals surface area contributed by atoms with E-state index in [1.165, 1.54) is 0 Å². The monoisotopic (exact) mass is 393 g/mol. The lowest BCUT2D eigenvalue weighted by molar-refractivity contribution is -0.116. The van der Waals surface area contributed by atoms with E-state index in [0.717, 1.165) is 28.3 Å². The lowest BCUT2D eigenvalue weighted by Crippen LogP contribution is -2.25. The largest absolute Gasteiger partial charge is 0.497 e. The Morgan fingerprint density at radius 1 is 1.00 bits per heavy atom. The van der Waals surface area contributed by atoms with Crippen LogP contribution in [-0.4, -0.2) is 37.0 Å². The molecule has 0 radical (unpaired) electrons. The second kappa shape index (κ2) is 7.50. The Hall–Kier alpha value is -3.48. The zero-order chi connectivity index (χ0) is 20.5. The predicted molar refractivity (Wildman–Crippen MR) is 109 cm³/mol. The number of nitrogens with one attached hydrogen (secondary N) is 1. The van der Waals surface area contributed by atoms with Crippen molar-refractivity contribution in [3.05, 3.63) is 59.3 Å². The Balaban J connectivity index is 1.81. The van der Waals surface area contributed by atoms with Gasteiger partial charge in [0, 0.05) is 17.9 Å². The topological polar surface area (TPSA) is 74.6 Å². The number of aryl methyl sites for hydroxylation is 1. The average molecular weight is 393 g/mol. The van der Waals surface area contributed by atoms with Crippen LogP contribution in [0.2, 0.25) is 0 Å². The van der Waals surface area contributed by atoms with E-state index < -0.39 is 0 Å². The quantitative estimate of drug-likeness (QED) is 0.716. The maximum Gasteiger partial charge on any atom is 0.226 e. The summed E-state index contributed by atoms with van der Waals surface area (Å²) in [5.41, 5.74) is 3.71. The van der Waals surface area contributed by atoms with Crippen LogP contribution in [0.3, 0.4) is 0 Å². The second-order valence-corrected chi connectivity index (χ2v) is 6.88. The normalized spacial score (nSPS) is 15.4. The third-order valence-corrected chi connectivity index (χ3v) is 5.23. The molecule has 3 aromatic rings. The van der Waals surface area contributed by atoms with Crippen molar-refractivity contribution in [3.8, 4) is 22.9 Å². The molecule has 0 spiro atoms. The minimum atomic E-state index is -0.120. The highest BCUT2D eigenvalue weighted by atomic mass is 16.5. The number of fused-ring (bicyclic) bond motifs is 1. The molecule has 150 valence electrons. The number of rotatable bonds is 5. The van der Waals surface area contributed by atoms with Crippen LogP contribution in [0.25, 0.3) is 5.69 Å². The summed E-state index contributed by atoms with van der Waals surface area (Å²) in [6.45, 7) is 1.96. The molecule has 4 rings (SSSR count). The van der Waals surface area contributed by atoms with Gasteiger partial charge in [-0.2, -0.15) is 5.10 Å². The summed E-state index contributed by atoms with van der Waals surface area (Å²) in [4.78, 5) is 12.6. The van der Waals surface area contributed by atoms with Gasteiger partial charge in [-0.3, -0.25) is 4.79 Å². The van der Waals surface area contributed by atoms with Crippen LogP contribution < -0.4 is 19.5 Å². The highest BCUT2D eigenvalue weighted by Gasteiger charge is 2.33. The number of amides is 1. The molecule has 29 heavy (non-hydrogen) atoms. The van der Waals surface area contributed by atoms with Crippen LogP contribution in [0.4, 0.5) is 5.82 Å². The number of carbonyl (C=O) groups excluding carboxylic acids is 1. The third-order valence-electron chi connectivity index (χ3n) is 5.23. The van der Waals surface area contributed by atoms with E-state index in [-0.39, 0.29) is 11.8 Å². The molecule has 1 N–H and O–H groups in total. The van der Waals surface area contributed by atoms with E-state index in [9.17, 15) is 4.79 Å². The molecular weight excluding hydrogens is 370 g/mol. The van der Waals surface area contributed by atoms with Gasteiger partial charge in [0.1, 0.15) is 11.6 Å². The fourth-order valence-corrected chi connectivity index (χ4v) is 3.81. The number of aromatic nitrogens is 2. The zero-order valence-corrected chi connectivity index (χ0v) is 16.9. The Morgan fingerprint density at radius 3 is 2.38 bits per heavy atom. The number of ether oxygens (including phenoxy) is 3. The molecule has 1 aliphatic heterocycles. The van der Waals surface area contributed by atoms with E-state index in [1.54, 1.807) is 26.0 Å². The minimum absolute atomic E-state index is 0.0491. The fraction of sp³-hybridized carbons (Fsp3) is 0.273. The number of carbonyl (C=O) groups is 1. The van der Waals surface area contributed by atoms with Gasteiger partial charge in [0.15, 0.2) is 11.5 Å². The highest BCUT2D eigenvalue weighted by Crippen LogP contribution is 2.42. The van der Waals surface area contributed by atoms with Gasteiger partial charge in [-0.05, 0) is 48.9 Å². The van der Waals surface area contributed by atoms with Gasteiger partial charge in [-0.15, -0.1) is 0 Å². The van der Waals surface area contributed by atoms with Crippen LogP contribution in [-0.2, 0) is 4.79 Å². The SMILES string of the molecule is COc1ccc(-n2nc(C)c3c2NC(=O)CC3c2ccc(OC)c(OC)c2)cc1. The summed E-state index contributed by atoms with van der Waals surface area (Å²) in [6.07, 6.45) is 0.345. The molecule has 1 unspecified atom stereocenters. The fourth-order valence-electron chi connectivity index (χ4n) is 3.81. The first-order valence-electron chi connectivity index (χ1n) is 9.31. The van der Waals surface area contributed by atoms with Crippen molar-refractivity contribution in [3.63, 3.8) is 0 Å². The lowest BCUT2D eigenvalue weighted by Gasteiger charge is -2.25. The van der Waals surface area contributed by atoms with Crippen molar-refractivity contribution >= 4 is 11.7 Å². The van der Waals surface area contributed by atoms with Crippen LogP contribution in [0.15, 0.2) is 42.5 Å². The summed E-state index contributed by atoms with van der Waals surface area (Å²) in [6, 6.07) is 13.3. The maximum absolute atomic E-state index is 12.6. The molecule has 0 saturated heterocycles. The second-order valence-electron chi connectivity index (χ2n) is 6.88. The number of hydrogen-bond donors (Lipinski definition) is 1. The number of anilines is 1. The Labute approximate surface area is 169 Å². The molecule has 1 atom stereocenters. The standard InChI is InChI=1S/C22H23N3O4/c1-13-21-17(14-5-10-18(28-3)19(11-14)29-4)12-20(26)23-22(21)25(24-13)15-6-8-16(27-2)9-7-15/h5-11,17H,12H2,1-4H3,(H,23,26). The molecule has 7 nitrogen and oxygen atoms in total. The number of hydrogen-bond acceptors (Lipinski definition) is 5. The Bertz CT molecular complexity index is 1060. The number of benzene rings is 2. The van der Waals surface area contributed by atoms with Crippen LogP contribution in [0.5, 0.6) is 17.2 Å². The van der Waals surface area contributed by atoms with E-state index in [2.05, 4.69) is 5.32 Å². The molecule has 0 fully saturated rings. The van der Waals surface area contributed by atoms with Crippen LogP contribution >= 0.6 is 0 Å². The summed E-state index contributed by atoms with van der Waals surface area (Å²) >= 11 is 0. The third kappa shape index (κ3) is 3.29. The van der Waals surface area contributed by atoms with Gasteiger partial charge in [0.05, 0.1) is 32.7 Å². The van der Waals surface area contributed by atoms with E-state index >= 15 is 0 Å². The molecule has 7 heteroatoms. The summed E-state index contributed by atoms with van der Waals surface area (Å²) in [5, 5.41) is 7.71. The van der Waals surface area contributed by atoms with Crippen molar-refractivity contribution < 1.29 is 19.0 Å². The zero-order valence-electron chi connectivity index (χ0n) is 16.9. The number of nitrogens with zero attached hydrogens (tertiary/aromatic N) is 2. The predicted octanol–water partition coefficient (Wildman–Crippen LogP) is 3.68. The minimum Gasteiger partial charge on any atom is -0.497 e. The lowest BCUT2D eigenvalue weighted by atomic mass is 9.85.